The first-order valence-corrected chi connectivity index (χ1v) is 5.13. The van der Waals surface area contributed by atoms with Crippen LogP contribution in [0.3, 0.4) is 0 Å². The van der Waals surface area contributed by atoms with Crippen LogP contribution in [0.25, 0.3) is 0 Å². The summed E-state index contributed by atoms with van der Waals surface area (Å²) < 4.78 is 4.87. The van der Waals surface area contributed by atoms with E-state index in [-0.39, 0.29) is 30.3 Å². The molecule has 7 nitrogen and oxygen atoms in total. The van der Waals surface area contributed by atoms with Crippen molar-refractivity contribution in [2.45, 2.75) is 0 Å². The van der Waals surface area contributed by atoms with Crippen molar-refractivity contribution in [3.05, 3.63) is 28.4 Å². The Morgan fingerprint density at radius 1 is 1.59 bits per heavy atom. The number of hydrogen-bond acceptors (Lipinski definition) is 5. The van der Waals surface area contributed by atoms with Crippen LogP contribution < -0.4 is 5.56 Å². The molecule has 0 spiro atoms. The third-order valence-electron chi connectivity index (χ3n) is 2.11. The van der Waals surface area contributed by atoms with E-state index in [1.807, 2.05) is 0 Å². The molecule has 7 heteroatoms. The van der Waals surface area contributed by atoms with Gasteiger partial charge >= 0.3 is 0 Å². The molecule has 1 aromatic heterocycles. The molecule has 0 aromatic carbocycles. The molecule has 0 aliphatic heterocycles. The van der Waals surface area contributed by atoms with E-state index >= 15 is 0 Å². The van der Waals surface area contributed by atoms with Crippen LogP contribution in [0.5, 0.6) is 0 Å². The summed E-state index contributed by atoms with van der Waals surface area (Å²) in [5.74, 6) is -0.354. The lowest BCUT2D eigenvalue weighted by Crippen LogP contribution is -2.37. The maximum absolute atomic E-state index is 11.9. The lowest BCUT2D eigenvalue weighted by Gasteiger charge is -2.20. The lowest BCUT2D eigenvalue weighted by molar-refractivity contribution is 0.0650. The van der Waals surface area contributed by atoms with Gasteiger partial charge in [-0.15, -0.1) is 0 Å². The maximum Gasteiger partial charge on any atom is 0.274 e. The molecule has 0 atom stereocenters. The highest BCUT2D eigenvalue weighted by molar-refractivity contribution is 5.91. The molecule has 0 saturated heterocycles. The number of methoxy groups -OCH3 is 1. The van der Waals surface area contributed by atoms with Crippen molar-refractivity contribution >= 4 is 5.91 Å². The average molecular weight is 241 g/mol. The first-order chi connectivity index (χ1) is 8.19. The zero-order valence-electron chi connectivity index (χ0n) is 9.55. The summed E-state index contributed by atoms with van der Waals surface area (Å²) in [5.41, 5.74) is -0.235. The minimum absolute atomic E-state index is 0.133. The molecule has 1 rings (SSSR count). The zero-order valence-corrected chi connectivity index (χ0v) is 9.55. The topological polar surface area (TPSA) is 95.5 Å². The van der Waals surface area contributed by atoms with E-state index in [0.717, 1.165) is 6.20 Å². The summed E-state index contributed by atoms with van der Waals surface area (Å²) >= 11 is 0. The number of aliphatic hydroxyl groups is 1. The number of aliphatic hydroxyl groups excluding tert-OH is 1. The molecule has 0 fully saturated rings. The van der Waals surface area contributed by atoms with Crippen LogP contribution >= 0.6 is 0 Å². The standard InChI is InChI=1S/C10H15N3O4/c1-17-5-3-13(2-4-14)10(16)8-6-12-9(15)7-11-8/h6-7,14H,2-5H2,1H3,(H,12,15). The molecular weight excluding hydrogens is 226 g/mol. The van der Waals surface area contributed by atoms with Crippen LogP contribution in [0.4, 0.5) is 0 Å². The quantitative estimate of drug-likeness (QED) is 0.655. The minimum atomic E-state index is -0.368. The minimum Gasteiger partial charge on any atom is -0.395 e. The van der Waals surface area contributed by atoms with Gasteiger partial charge in [0, 0.05) is 26.4 Å². The van der Waals surface area contributed by atoms with Gasteiger partial charge in [-0.1, -0.05) is 0 Å². The Balaban J connectivity index is 2.75. The Kier molecular flexibility index (Phi) is 5.31. The highest BCUT2D eigenvalue weighted by Gasteiger charge is 2.16. The van der Waals surface area contributed by atoms with E-state index < -0.39 is 0 Å². The second-order valence-corrected chi connectivity index (χ2v) is 3.30. The van der Waals surface area contributed by atoms with E-state index in [4.69, 9.17) is 9.84 Å². The van der Waals surface area contributed by atoms with Crippen molar-refractivity contribution in [1.29, 1.82) is 0 Å². The van der Waals surface area contributed by atoms with Gasteiger partial charge in [0.1, 0.15) is 5.69 Å². The Morgan fingerprint density at radius 3 is 2.88 bits per heavy atom. The maximum atomic E-state index is 11.9. The number of nitrogens with zero attached hydrogens (tertiary/aromatic N) is 2. The van der Waals surface area contributed by atoms with Gasteiger partial charge in [-0.25, -0.2) is 4.98 Å². The molecule has 0 aliphatic rings. The van der Waals surface area contributed by atoms with Crippen molar-refractivity contribution in [3.8, 4) is 0 Å². The number of carbonyl (C=O) groups excluding carboxylic acids is 1. The first kappa shape index (κ1) is 13.3. The Labute approximate surface area is 98.1 Å². The van der Waals surface area contributed by atoms with Gasteiger partial charge < -0.3 is 19.7 Å². The summed E-state index contributed by atoms with van der Waals surface area (Å²) in [4.78, 5) is 30.2. The second kappa shape index (κ2) is 6.77. The fourth-order valence-corrected chi connectivity index (χ4v) is 1.26. The fourth-order valence-electron chi connectivity index (χ4n) is 1.26. The number of H-pyrrole nitrogens is 1. The van der Waals surface area contributed by atoms with Gasteiger partial charge in [-0.05, 0) is 0 Å². The number of aromatic amines is 1. The van der Waals surface area contributed by atoms with Crippen LogP contribution in [0.2, 0.25) is 0 Å². The summed E-state index contributed by atoms with van der Waals surface area (Å²) in [6, 6.07) is 0. The largest absolute Gasteiger partial charge is 0.395 e. The van der Waals surface area contributed by atoms with Gasteiger partial charge in [-0.2, -0.15) is 0 Å². The molecule has 0 saturated carbocycles. The van der Waals surface area contributed by atoms with Crippen LogP contribution in [0.15, 0.2) is 17.2 Å². The van der Waals surface area contributed by atoms with Crippen molar-refractivity contribution in [3.63, 3.8) is 0 Å². The van der Waals surface area contributed by atoms with Gasteiger partial charge in [0.25, 0.3) is 11.5 Å². The smallest absolute Gasteiger partial charge is 0.274 e. The van der Waals surface area contributed by atoms with Crippen molar-refractivity contribution in [2.75, 3.05) is 33.4 Å². The molecule has 1 amide bonds. The molecule has 0 bridgehead atoms. The van der Waals surface area contributed by atoms with Gasteiger partial charge in [0.15, 0.2) is 0 Å². The molecule has 17 heavy (non-hydrogen) atoms. The van der Waals surface area contributed by atoms with E-state index in [9.17, 15) is 9.59 Å². The molecular formula is C10H15N3O4. The van der Waals surface area contributed by atoms with E-state index in [0.29, 0.717) is 13.2 Å². The third kappa shape index (κ3) is 3.97. The van der Waals surface area contributed by atoms with Crippen LogP contribution in [0, 0.1) is 0 Å². The van der Waals surface area contributed by atoms with E-state index in [1.54, 1.807) is 0 Å². The first-order valence-electron chi connectivity index (χ1n) is 5.13. The molecule has 0 aliphatic carbocycles. The van der Waals surface area contributed by atoms with Crippen LogP contribution in [-0.2, 0) is 4.74 Å². The molecule has 94 valence electrons. The van der Waals surface area contributed by atoms with Crippen molar-refractivity contribution in [1.82, 2.24) is 14.9 Å². The monoisotopic (exact) mass is 241 g/mol. The third-order valence-corrected chi connectivity index (χ3v) is 2.11. The summed E-state index contributed by atoms with van der Waals surface area (Å²) in [7, 11) is 1.53. The van der Waals surface area contributed by atoms with E-state index in [1.165, 1.54) is 18.2 Å². The van der Waals surface area contributed by atoms with Crippen LogP contribution in [0.1, 0.15) is 10.5 Å². The summed E-state index contributed by atoms with van der Waals surface area (Å²) in [6.07, 6.45) is 2.29. The van der Waals surface area contributed by atoms with Crippen LogP contribution in [-0.4, -0.2) is 59.3 Å². The predicted octanol–water partition coefficient (Wildman–Crippen LogP) is -1.15. The van der Waals surface area contributed by atoms with Gasteiger partial charge in [0.05, 0.1) is 19.4 Å². The van der Waals surface area contributed by atoms with Gasteiger partial charge in [-0.3, -0.25) is 9.59 Å². The summed E-state index contributed by atoms with van der Waals surface area (Å²) in [6.45, 7) is 0.785. The number of rotatable bonds is 6. The lowest BCUT2D eigenvalue weighted by atomic mass is 10.3. The Bertz CT molecular complexity index is 398. The molecule has 1 aromatic rings. The molecule has 0 unspecified atom stereocenters. The highest BCUT2D eigenvalue weighted by Crippen LogP contribution is 1.98. The Hall–Kier alpha value is -1.73. The van der Waals surface area contributed by atoms with E-state index in [2.05, 4.69) is 9.97 Å². The number of hydrogen-bond donors (Lipinski definition) is 2. The fraction of sp³-hybridized carbons (Fsp3) is 0.500. The highest BCUT2D eigenvalue weighted by atomic mass is 16.5. The zero-order chi connectivity index (χ0) is 12.7. The SMILES string of the molecule is COCCN(CCO)C(=O)c1c[nH]c(=O)cn1. The number of aromatic nitrogens is 2. The Morgan fingerprint density at radius 2 is 2.35 bits per heavy atom. The summed E-state index contributed by atoms with van der Waals surface area (Å²) in [5, 5.41) is 8.86. The normalized spacial score (nSPS) is 10.2. The van der Waals surface area contributed by atoms with Gasteiger partial charge in [0.2, 0.25) is 0 Å². The molecule has 0 radical (unpaired) electrons. The molecule has 2 N–H and O–H groups in total. The average Bonchev–Trinajstić information content (AvgIpc) is 2.34. The van der Waals surface area contributed by atoms with Crippen molar-refractivity contribution in [2.24, 2.45) is 0 Å². The van der Waals surface area contributed by atoms with Crippen molar-refractivity contribution < 1.29 is 14.6 Å². The number of amides is 1. The molecule has 1 heterocycles. The predicted molar refractivity (Wildman–Crippen MR) is 59.7 cm³/mol. The number of ether oxygens (including phenoxy) is 1. The number of carbonyl (C=O) groups is 1. The number of nitrogens with one attached hydrogen (secondary N) is 1. The second-order valence-electron chi connectivity index (χ2n) is 3.30.